The standard InChI is InChI=1S/C15H24N2O2/c1-11(2)18-12-5-6-14(17-9-12)19-13-7-8-16-10-15(13,3)4/h5-6,9,11,13,16H,7-8,10H2,1-4H3. The summed E-state index contributed by atoms with van der Waals surface area (Å²) in [5, 5.41) is 3.40. The average Bonchev–Trinajstić information content (AvgIpc) is 2.33. The number of rotatable bonds is 4. The maximum absolute atomic E-state index is 6.02. The van der Waals surface area contributed by atoms with Crippen LogP contribution in [0.2, 0.25) is 0 Å². The quantitative estimate of drug-likeness (QED) is 0.908. The Morgan fingerprint density at radius 2 is 2.16 bits per heavy atom. The molecular formula is C15H24N2O2. The molecule has 0 aliphatic carbocycles. The van der Waals surface area contributed by atoms with Gasteiger partial charge in [-0.25, -0.2) is 4.98 Å². The van der Waals surface area contributed by atoms with Crippen molar-refractivity contribution in [1.82, 2.24) is 10.3 Å². The van der Waals surface area contributed by atoms with Gasteiger partial charge in [0.25, 0.3) is 0 Å². The van der Waals surface area contributed by atoms with Crippen molar-refractivity contribution >= 4 is 0 Å². The highest BCUT2D eigenvalue weighted by Gasteiger charge is 2.34. The Bertz CT molecular complexity index is 401. The normalized spacial score (nSPS) is 22.3. The summed E-state index contributed by atoms with van der Waals surface area (Å²) in [6.07, 6.45) is 3.11. The lowest BCUT2D eigenvalue weighted by molar-refractivity contribution is 0.0413. The van der Waals surface area contributed by atoms with Crippen LogP contribution in [0.15, 0.2) is 18.3 Å². The first kappa shape index (κ1) is 14.1. The summed E-state index contributed by atoms with van der Waals surface area (Å²) >= 11 is 0. The van der Waals surface area contributed by atoms with Crippen molar-refractivity contribution in [3.8, 4) is 11.6 Å². The van der Waals surface area contributed by atoms with Crippen molar-refractivity contribution in [2.75, 3.05) is 13.1 Å². The first-order chi connectivity index (χ1) is 8.97. The van der Waals surface area contributed by atoms with Gasteiger partial charge >= 0.3 is 0 Å². The molecule has 0 aromatic carbocycles. The molecule has 1 aliphatic heterocycles. The van der Waals surface area contributed by atoms with Crippen LogP contribution >= 0.6 is 0 Å². The second-order valence-corrected chi connectivity index (χ2v) is 6.06. The third-order valence-corrected chi connectivity index (χ3v) is 3.38. The molecule has 1 aromatic heterocycles. The number of nitrogens with zero attached hydrogens (tertiary/aromatic N) is 1. The highest BCUT2D eigenvalue weighted by atomic mass is 16.5. The van der Waals surface area contributed by atoms with Crippen LogP contribution in [-0.4, -0.2) is 30.3 Å². The van der Waals surface area contributed by atoms with E-state index in [1.165, 1.54) is 0 Å². The zero-order chi connectivity index (χ0) is 13.9. The van der Waals surface area contributed by atoms with E-state index in [-0.39, 0.29) is 17.6 Å². The molecule has 1 atom stereocenters. The monoisotopic (exact) mass is 264 g/mol. The summed E-state index contributed by atoms with van der Waals surface area (Å²) in [7, 11) is 0. The van der Waals surface area contributed by atoms with E-state index in [0.29, 0.717) is 5.88 Å². The molecule has 2 heterocycles. The molecule has 1 N–H and O–H groups in total. The Morgan fingerprint density at radius 3 is 2.74 bits per heavy atom. The van der Waals surface area contributed by atoms with E-state index < -0.39 is 0 Å². The highest BCUT2D eigenvalue weighted by Crippen LogP contribution is 2.29. The van der Waals surface area contributed by atoms with Crippen LogP contribution in [0, 0.1) is 5.41 Å². The summed E-state index contributed by atoms with van der Waals surface area (Å²) in [5.41, 5.74) is 0.132. The van der Waals surface area contributed by atoms with Crippen molar-refractivity contribution < 1.29 is 9.47 Å². The van der Waals surface area contributed by atoms with Gasteiger partial charge in [0.05, 0.1) is 12.3 Å². The van der Waals surface area contributed by atoms with Gasteiger partial charge in [0.15, 0.2) is 0 Å². The SMILES string of the molecule is CC(C)Oc1ccc(OC2CCNCC2(C)C)nc1. The second kappa shape index (κ2) is 5.78. The summed E-state index contributed by atoms with van der Waals surface area (Å²) in [6, 6.07) is 3.80. The molecule has 0 saturated carbocycles. The van der Waals surface area contributed by atoms with Crippen LogP contribution in [0.5, 0.6) is 11.6 Å². The number of nitrogens with one attached hydrogen (secondary N) is 1. The van der Waals surface area contributed by atoms with Gasteiger partial charge in [-0.3, -0.25) is 0 Å². The lowest BCUT2D eigenvalue weighted by Crippen LogP contribution is -2.48. The summed E-state index contributed by atoms with van der Waals surface area (Å²) in [4.78, 5) is 4.32. The van der Waals surface area contributed by atoms with Gasteiger partial charge in [0.2, 0.25) is 5.88 Å². The van der Waals surface area contributed by atoms with Gasteiger partial charge in [0.1, 0.15) is 11.9 Å². The molecule has 0 amide bonds. The Hall–Kier alpha value is -1.29. The van der Waals surface area contributed by atoms with Crippen molar-refractivity contribution in [3.63, 3.8) is 0 Å². The van der Waals surface area contributed by atoms with Crippen molar-refractivity contribution in [2.45, 2.75) is 46.3 Å². The zero-order valence-corrected chi connectivity index (χ0v) is 12.3. The predicted octanol–water partition coefficient (Wildman–Crippen LogP) is 2.64. The molecule has 1 saturated heterocycles. The lowest BCUT2D eigenvalue weighted by atomic mass is 9.82. The van der Waals surface area contributed by atoms with Gasteiger partial charge in [0, 0.05) is 18.0 Å². The Kier molecular flexibility index (Phi) is 4.30. The Labute approximate surface area is 115 Å². The maximum atomic E-state index is 6.02. The van der Waals surface area contributed by atoms with E-state index in [4.69, 9.17) is 9.47 Å². The minimum atomic E-state index is 0.132. The molecule has 106 valence electrons. The van der Waals surface area contributed by atoms with Gasteiger partial charge in [-0.05, 0) is 32.9 Å². The summed E-state index contributed by atoms with van der Waals surface area (Å²) < 4.78 is 11.6. The van der Waals surface area contributed by atoms with Crippen LogP contribution in [0.25, 0.3) is 0 Å². The number of aromatic nitrogens is 1. The van der Waals surface area contributed by atoms with E-state index in [0.717, 1.165) is 25.3 Å². The van der Waals surface area contributed by atoms with Gasteiger partial charge in [-0.2, -0.15) is 0 Å². The first-order valence-electron chi connectivity index (χ1n) is 6.97. The molecule has 0 spiro atoms. The van der Waals surface area contributed by atoms with E-state index in [1.807, 2.05) is 26.0 Å². The van der Waals surface area contributed by atoms with Crippen LogP contribution in [0.3, 0.4) is 0 Å². The molecule has 4 nitrogen and oxygen atoms in total. The molecule has 1 fully saturated rings. The van der Waals surface area contributed by atoms with Crippen LogP contribution in [0.1, 0.15) is 34.1 Å². The fourth-order valence-corrected chi connectivity index (χ4v) is 2.29. The minimum Gasteiger partial charge on any atom is -0.489 e. The largest absolute Gasteiger partial charge is 0.489 e. The van der Waals surface area contributed by atoms with Gasteiger partial charge in [-0.1, -0.05) is 13.8 Å². The van der Waals surface area contributed by atoms with Crippen LogP contribution in [0.4, 0.5) is 0 Å². The fraction of sp³-hybridized carbons (Fsp3) is 0.667. The molecule has 19 heavy (non-hydrogen) atoms. The van der Waals surface area contributed by atoms with Gasteiger partial charge < -0.3 is 14.8 Å². The smallest absolute Gasteiger partial charge is 0.213 e. The highest BCUT2D eigenvalue weighted by molar-refractivity contribution is 5.23. The number of hydrogen-bond donors (Lipinski definition) is 1. The molecule has 1 aliphatic rings. The number of pyridine rings is 1. The average molecular weight is 264 g/mol. The Morgan fingerprint density at radius 1 is 1.37 bits per heavy atom. The van der Waals surface area contributed by atoms with Crippen molar-refractivity contribution in [1.29, 1.82) is 0 Å². The summed E-state index contributed by atoms with van der Waals surface area (Å²) in [5.74, 6) is 1.46. The van der Waals surface area contributed by atoms with Crippen LogP contribution < -0.4 is 14.8 Å². The predicted molar refractivity (Wildman–Crippen MR) is 75.7 cm³/mol. The maximum Gasteiger partial charge on any atom is 0.213 e. The molecule has 4 heteroatoms. The third-order valence-electron chi connectivity index (χ3n) is 3.38. The van der Waals surface area contributed by atoms with E-state index >= 15 is 0 Å². The van der Waals surface area contributed by atoms with Crippen molar-refractivity contribution in [2.24, 2.45) is 5.41 Å². The number of hydrogen-bond acceptors (Lipinski definition) is 4. The molecule has 0 bridgehead atoms. The van der Waals surface area contributed by atoms with E-state index in [2.05, 4.69) is 24.1 Å². The molecular weight excluding hydrogens is 240 g/mol. The Balaban J connectivity index is 1.99. The van der Waals surface area contributed by atoms with Crippen LogP contribution in [-0.2, 0) is 0 Å². The second-order valence-electron chi connectivity index (χ2n) is 6.06. The third kappa shape index (κ3) is 3.83. The number of piperidine rings is 1. The van der Waals surface area contributed by atoms with E-state index in [9.17, 15) is 0 Å². The van der Waals surface area contributed by atoms with E-state index in [1.54, 1.807) is 6.20 Å². The molecule has 2 rings (SSSR count). The van der Waals surface area contributed by atoms with Gasteiger partial charge in [-0.15, -0.1) is 0 Å². The molecule has 1 aromatic rings. The first-order valence-corrected chi connectivity index (χ1v) is 6.97. The fourth-order valence-electron chi connectivity index (χ4n) is 2.29. The van der Waals surface area contributed by atoms with Crippen molar-refractivity contribution in [3.05, 3.63) is 18.3 Å². The lowest BCUT2D eigenvalue weighted by Gasteiger charge is -2.38. The topological polar surface area (TPSA) is 43.4 Å². The molecule has 1 unspecified atom stereocenters. The summed E-state index contributed by atoms with van der Waals surface area (Å²) in [6.45, 7) is 10.4. The molecule has 0 radical (unpaired) electrons. The number of ether oxygens (including phenoxy) is 2. The minimum absolute atomic E-state index is 0.132. The zero-order valence-electron chi connectivity index (χ0n) is 12.3.